The van der Waals surface area contributed by atoms with Crippen LogP contribution in [0.1, 0.15) is 40.0 Å². The number of para-hydroxylation sites is 1. The van der Waals surface area contributed by atoms with Gasteiger partial charge < -0.3 is 20.5 Å². The highest BCUT2D eigenvalue weighted by molar-refractivity contribution is 7.98. The van der Waals surface area contributed by atoms with E-state index in [0.29, 0.717) is 39.4 Å². The van der Waals surface area contributed by atoms with E-state index in [-0.39, 0.29) is 11.5 Å². The highest BCUT2D eigenvalue weighted by Gasteiger charge is 2.34. The molecule has 2 heterocycles. The zero-order chi connectivity index (χ0) is 27.5. The van der Waals surface area contributed by atoms with Crippen LogP contribution in [0.5, 0.6) is 5.75 Å². The SMILES string of the molecule is COc1cccc(CSc2nc3n(n2)[C@H](c2ccc(C(=O)O)cc2)C(C(=O)Nc2ccccc2C)=C(C)N3)c1. The molecule has 1 aliphatic rings. The number of carbonyl (C=O) groups is 2. The molecule has 39 heavy (non-hydrogen) atoms. The van der Waals surface area contributed by atoms with E-state index in [9.17, 15) is 14.7 Å². The third kappa shape index (κ3) is 5.51. The van der Waals surface area contributed by atoms with Gasteiger partial charge in [0.05, 0.1) is 18.2 Å². The molecular formula is C29H27N5O4S. The van der Waals surface area contributed by atoms with Gasteiger partial charge in [0.1, 0.15) is 11.8 Å². The topological polar surface area (TPSA) is 118 Å². The number of aromatic nitrogens is 3. The maximum Gasteiger partial charge on any atom is 0.335 e. The Balaban J connectivity index is 1.50. The standard InChI is InChI=1S/C29H27N5O4S/c1-17-7-4-5-10-23(17)31-26(35)24-18(2)30-28-32-29(39-16-19-8-6-9-22(15-19)38-3)33-34(28)25(24)20-11-13-21(14-12-20)27(36)37/h4-15,25H,16H2,1-3H3,(H,31,35)(H,36,37)(H,30,32,33)/t25-/m1/s1. The number of hydrogen-bond acceptors (Lipinski definition) is 7. The zero-order valence-electron chi connectivity index (χ0n) is 21.6. The van der Waals surface area contributed by atoms with E-state index in [1.54, 1.807) is 23.9 Å². The van der Waals surface area contributed by atoms with Gasteiger partial charge in [-0.1, -0.05) is 54.2 Å². The summed E-state index contributed by atoms with van der Waals surface area (Å²) in [7, 11) is 1.63. The largest absolute Gasteiger partial charge is 0.497 e. The monoisotopic (exact) mass is 541 g/mol. The molecule has 0 bridgehead atoms. The number of allylic oxidation sites excluding steroid dienone is 1. The summed E-state index contributed by atoms with van der Waals surface area (Å²) in [5, 5.41) is 20.9. The Labute approximate surface area is 229 Å². The Morgan fingerprint density at radius 3 is 2.56 bits per heavy atom. The summed E-state index contributed by atoms with van der Waals surface area (Å²) in [5.41, 5.74) is 4.68. The molecule has 4 aromatic rings. The predicted molar refractivity (Wildman–Crippen MR) is 150 cm³/mol. The van der Waals surface area contributed by atoms with Crippen molar-refractivity contribution in [1.82, 2.24) is 14.8 Å². The van der Waals surface area contributed by atoms with Gasteiger partial charge in [0.15, 0.2) is 0 Å². The molecule has 5 rings (SSSR count). The van der Waals surface area contributed by atoms with E-state index in [1.165, 1.54) is 23.9 Å². The van der Waals surface area contributed by atoms with Gasteiger partial charge in [0.2, 0.25) is 11.1 Å². The molecule has 9 nitrogen and oxygen atoms in total. The second kappa shape index (κ2) is 11.0. The molecule has 1 aromatic heterocycles. The van der Waals surface area contributed by atoms with E-state index in [0.717, 1.165) is 16.9 Å². The number of fused-ring (bicyclic) bond motifs is 1. The zero-order valence-corrected chi connectivity index (χ0v) is 22.5. The lowest BCUT2D eigenvalue weighted by Gasteiger charge is -2.29. The smallest absolute Gasteiger partial charge is 0.335 e. The van der Waals surface area contributed by atoms with Crippen molar-refractivity contribution >= 4 is 35.3 Å². The second-order valence-electron chi connectivity index (χ2n) is 9.07. The number of nitrogens with zero attached hydrogens (tertiary/aromatic N) is 3. The minimum atomic E-state index is -1.02. The van der Waals surface area contributed by atoms with Crippen molar-refractivity contribution < 1.29 is 19.4 Å². The number of carboxylic acids is 1. The fourth-order valence-corrected chi connectivity index (χ4v) is 5.19. The number of aromatic carboxylic acids is 1. The molecule has 3 aromatic carbocycles. The molecule has 1 aliphatic heterocycles. The van der Waals surface area contributed by atoms with Crippen molar-refractivity contribution in [1.29, 1.82) is 0 Å². The molecule has 0 fully saturated rings. The maximum absolute atomic E-state index is 13.7. The number of rotatable bonds is 8. The van der Waals surface area contributed by atoms with E-state index in [4.69, 9.17) is 9.84 Å². The van der Waals surface area contributed by atoms with E-state index in [1.807, 2.05) is 62.4 Å². The second-order valence-corrected chi connectivity index (χ2v) is 10.0. The van der Waals surface area contributed by atoms with Crippen molar-refractivity contribution in [2.75, 3.05) is 17.7 Å². The van der Waals surface area contributed by atoms with Crippen LogP contribution in [-0.2, 0) is 10.5 Å². The van der Waals surface area contributed by atoms with Gasteiger partial charge >= 0.3 is 5.97 Å². The first-order chi connectivity index (χ1) is 18.8. The molecule has 10 heteroatoms. The van der Waals surface area contributed by atoms with Gasteiger partial charge in [-0.3, -0.25) is 4.79 Å². The van der Waals surface area contributed by atoms with Crippen molar-refractivity contribution in [3.63, 3.8) is 0 Å². The Morgan fingerprint density at radius 2 is 1.85 bits per heavy atom. The summed E-state index contributed by atoms with van der Waals surface area (Å²) in [4.78, 5) is 29.8. The van der Waals surface area contributed by atoms with Crippen LogP contribution >= 0.6 is 11.8 Å². The number of ether oxygens (including phenoxy) is 1. The maximum atomic E-state index is 13.7. The van der Waals surface area contributed by atoms with E-state index >= 15 is 0 Å². The van der Waals surface area contributed by atoms with E-state index < -0.39 is 12.0 Å². The van der Waals surface area contributed by atoms with Crippen LogP contribution in [0.25, 0.3) is 0 Å². The quantitative estimate of drug-likeness (QED) is 0.250. The first-order valence-corrected chi connectivity index (χ1v) is 13.2. The molecule has 0 aliphatic carbocycles. The molecule has 0 radical (unpaired) electrons. The molecule has 0 saturated carbocycles. The van der Waals surface area contributed by atoms with Crippen molar-refractivity contribution in [2.24, 2.45) is 0 Å². The summed E-state index contributed by atoms with van der Waals surface area (Å²) in [6, 6.07) is 21.2. The number of amides is 1. The first-order valence-electron chi connectivity index (χ1n) is 12.2. The van der Waals surface area contributed by atoms with Crippen LogP contribution in [0.3, 0.4) is 0 Å². The minimum absolute atomic E-state index is 0.160. The van der Waals surface area contributed by atoms with Crippen molar-refractivity contribution in [2.45, 2.75) is 30.8 Å². The highest BCUT2D eigenvalue weighted by atomic mass is 32.2. The number of nitrogens with one attached hydrogen (secondary N) is 2. The molecule has 1 amide bonds. The number of carbonyl (C=O) groups excluding carboxylic acids is 1. The van der Waals surface area contributed by atoms with Gasteiger partial charge in [-0.15, -0.1) is 5.10 Å². The fourth-order valence-electron chi connectivity index (χ4n) is 4.42. The number of thioether (sulfide) groups is 1. The number of anilines is 2. The fraction of sp³-hybridized carbons (Fsp3) is 0.172. The number of benzene rings is 3. The van der Waals surface area contributed by atoms with Gasteiger partial charge in [-0.05, 0) is 60.9 Å². The minimum Gasteiger partial charge on any atom is -0.497 e. The van der Waals surface area contributed by atoms with Gasteiger partial charge in [0, 0.05) is 17.1 Å². The lowest BCUT2D eigenvalue weighted by Crippen LogP contribution is -2.31. The summed E-state index contributed by atoms with van der Waals surface area (Å²) in [6.07, 6.45) is 0. The third-order valence-corrected chi connectivity index (χ3v) is 7.36. The summed E-state index contributed by atoms with van der Waals surface area (Å²) in [6.45, 7) is 3.76. The number of carboxylic acid groups (broad SMARTS) is 1. The summed E-state index contributed by atoms with van der Waals surface area (Å²) < 4.78 is 7.00. The molecule has 0 saturated heterocycles. The summed E-state index contributed by atoms with van der Waals surface area (Å²) >= 11 is 1.47. The van der Waals surface area contributed by atoms with Crippen molar-refractivity contribution in [3.05, 3.63) is 106 Å². The Kier molecular flexibility index (Phi) is 7.38. The van der Waals surface area contributed by atoms with Crippen LogP contribution in [0.4, 0.5) is 11.6 Å². The van der Waals surface area contributed by atoms with Gasteiger partial charge in [-0.25, -0.2) is 9.48 Å². The van der Waals surface area contributed by atoms with Crippen LogP contribution in [0.2, 0.25) is 0 Å². The lowest BCUT2D eigenvalue weighted by molar-refractivity contribution is -0.113. The molecule has 0 spiro atoms. The van der Waals surface area contributed by atoms with Crippen LogP contribution in [0, 0.1) is 6.92 Å². The lowest BCUT2D eigenvalue weighted by atomic mass is 9.94. The number of aryl methyl sites for hydroxylation is 1. The van der Waals surface area contributed by atoms with Crippen LogP contribution < -0.4 is 15.4 Å². The normalized spacial score (nSPS) is 14.4. The molecule has 1 atom stereocenters. The van der Waals surface area contributed by atoms with Gasteiger partial charge in [0.25, 0.3) is 5.91 Å². The highest BCUT2D eigenvalue weighted by Crippen LogP contribution is 2.37. The Hall–Kier alpha value is -4.57. The molecular weight excluding hydrogens is 514 g/mol. The Morgan fingerprint density at radius 1 is 1.08 bits per heavy atom. The molecule has 3 N–H and O–H groups in total. The van der Waals surface area contributed by atoms with Crippen molar-refractivity contribution in [3.8, 4) is 5.75 Å². The number of methoxy groups -OCH3 is 1. The molecule has 198 valence electrons. The third-order valence-electron chi connectivity index (χ3n) is 6.45. The van der Waals surface area contributed by atoms with Crippen LogP contribution in [0.15, 0.2) is 89.2 Å². The Bertz CT molecular complexity index is 1580. The molecule has 0 unspecified atom stereocenters. The number of hydrogen-bond donors (Lipinski definition) is 3. The predicted octanol–water partition coefficient (Wildman–Crippen LogP) is 5.51. The summed E-state index contributed by atoms with van der Waals surface area (Å²) in [5.74, 6) is 0.606. The van der Waals surface area contributed by atoms with Crippen LogP contribution in [-0.4, -0.2) is 38.9 Å². The first kappa shape index (κ1) is 26.1. The average Bonchev–Trinajstić information content (AvgIpc) is 3.34. The van der Waals surface area contributed by atoms with E-state index in [2.05, 4.69) is 15.6 Å². The van der Waals surface area contributed by atoms with Gasteiger partial charge in [-0.2, -0.15) is 4.98 Å². The average molecular weight is 542 g/mol.